The van der Waals surface area contributed by atoms with Gasteiger partial charge in [0.25, 0.3) is 5.91 Å². The molecule has 5 nitrogen and oxygen atoms in total. The summed E-state index contributed by atoms with van der Waals surface area (Å²) in [4.78, 5) is 25.4. The molecule has 0 aliphatic carbocycles. The highest BCUT2D eigenvalue weighted by Crippen LogP contribution is 2.21. The fourth-order valence-corrected chi connectivity index (χ4v) is 1.64. The number of aromatic nitrogens is 1. The van der Waals surface area contributed by atoms with E-state index in [2.05, 4.69) is 10.3 Å². The number of rotatable bonds is 4. The van der Waals surface area contributed by atoms with E-state index in [0.717, 1.165) is 6.07 Å². The Balaban J connectivity index is 2.16. The maximum Gasteiger partial charge on any atom is 0.255 e. The Hall–Kier alpha value is -2.63. The van der Waals surface area contributed by atoms with Gasteiger partial charge in [-0.3, -0.25) is 9.59 Å². The third kappa shape index (κ3) is 3.23. The molecule has 0 saturated carbocycles. The van der Waals surface area contributed by atoms with Gasteiger partial charge in [-0.2, -0.15) is 0 Å². The van der Waals surface area contributed by atoms with Crippen LogP contribution in [0.4, 0.5) is 10.1 Å². The van der Waals surface area contributed by atoms with E-state index in [1.165, 1.54) is 30.5 Å². The predicted octanol–water partition coefficient (Wildman–Crippen LogP) is 2.17. The van der Waals surface area contributed by atoms with Crippen molar-refractivity contribution in [1.29, 1.82) is 0 Å². The molecule has 0 aliphatic heterocycles. The third-order valence-corrected chi connectivity index (χ3v) is 2.53. The van der Waals surface area contributed by atoms with E-state index in [4.69, 9.17) is 4.74 Å². The highest BCUT2D eigenvalue weighted by atomic mass is 19.1. The second-order valence-corrected chi connectivity index (χ2v) is 3.97. The number of anilines is 1. The Labute approximate surface area is 114 Å². The Morgan fingerprint density at radius 2 is 2.15 bits per heavy atom. The van der Waals surface area contributed by atoms with Crippen LogP contribution in [0.3, 0.4) is 0 Å². The number of hydrogen-bond acceptors (Lipinski definition) is 3. The summed E-state index contributed by atoms with van der Waals surface area (Å²) in [6.07, 6.45) is 1.37. The number of carbonyl (C=O) groups excluding carboxylic acids is 1. The van der Waals surface area contributed by atoms with Crippen molar-refractivity contribution in [2.75, 3.05) is 11.9 Å². The zero-order valence-electron chi connectivity index (χ0n) is 10.8. The average molecular weight is 276 g/mol. The van der Waals surface area contributed by atoms with Gasteiger partial charge < -0.3 is 15.0 Å². The zero-order valence-corrected chi connectivity index (χ0v) is 10.8. The number of halogens is 1. The van der Waals surface area contributed by atoms with Crippen LogP contribution in [0.25, 0.3) is 0 Å². The van der Waals surface area contributed by atoms with E-state index >= 15 is 0 Å². The minimum Gasteiger partial charge on any atom is -0.491 e. The van der Waals surface area contributed by atoms with Crippen LogP contribution in [-0.2, 0) is 0 Å². The van der Waals surface area contributed by atoms with Crippen molar-refractivity contribution < 1.29 is 13.9 Å². The summed E-state index contributed by atoms with van der Waals surface area (Å²) in [5, 5.41) is 2.51. The smallest absolute Gasteiger partial charge is 0.255 e. The van der Waals surface area contributed by atoms with Crippen molar-refractivity contribution in [2.45, 2.75) is 6.92 Å². The van der Waals surface area contributed by atoms with E-state index in [9.17, 15) is 14.0 Å². The van der Waals surface area contributed by atoms with Crippen LogP contribution in [-0.4, -0.2) is 17.5 Å². The molecule has 0 spiro atoms. The molecule has 0 saturated heterocycles. The second-order valence-electron chi connectivity index (χ2n) is 3.97. The first kappa shape index (κ1) is 13.8. The van der Waals surface area contributed by atoms with Crippen LogP contribution in [0.15, 0.2) is 41.3 Å². The average Bonchev–Trinajstić information content (AvgIpc) is 2.42. The molecule has 0 radical (unpaired) electrons. The fraction of sp³-hybridized carbons (Fsp3) is 0.143. The first-order valence-corrected chi connectivity index (χ1v) is 6.02. The predicted molar refractivity (Wildman–Crippen MR) is 72.6 cm³/mol. The van der Waals surface area contributed by atoms with Crippen molar-refractivity contribution >= 4 is 11.6 Å². The standard InChI is InChI=1S/C14H13FN2O3/c1-2-20-12-4-3-10(8-11(12)15)17-14(19)9-5-6-16-13(18)7-9/h3-8H,2H2,1H3,(H,16,18)(H,17,19). The van der Waals surface area contributed by atoms with Crippen molar-refractivity contribution in [2.24, 2.45) is 0 Å². The van der Waals surface area contributed by atoms with Gasteiger partial charge in [0, 0.05) is 29.6 Å². The van der Waals surface area contributed by atoms with E-state index < -0.39 is 11.7 Å². The number of ether oxygens (including phenoxy) is 1. The van der Waals surface area contributed by atoms with Crippen molar-refractivity contribution in [3.05, 3.63) is 58.3 Å². The first-order chi connectivity index (χ1) is 9.60. The quantitative estimate of drug-likeness (QED) is 0.899. The molecule has 20 heavy (non-hydrogen) atoms. The van der Waals surface area contributed by atoms with Gasteiger partial charge in [-0.25, -0.2) is 4.39 Å². The van der Waals surface area contributed by atoms with Crippen molar-refractivity contribution in [3.8, 4) is 5.75 Å². The SMILES string of the molecule is CCOc1ccc(NC(=O)c2cc[nH]c(=O)c2)cc1F. The number of pyridine rings is 1. The number of benzene rings is 1. The van der Waals surface area contributed by atoms with Gasteiger partial charge in [0.1, 0.15) is 0 Å². The molecule has 1 aromatic carbocycles. The molecule has 2 aromatic rings. The van der Waals surface area contributed by atoms with Crippen molar-refractivity contribution in [3.63, 3.8) is 0 Å². The van der Waals surface area contributed by atoms with Crippen LogP contribution in [0.2, 0.25) is 0 Å². The lowest BCUT2D eigenvalue weighted by Crippen LogP contribution is -2.15. The number of carbonyl (C=O) groups is 1. The minimum atomic E-state index is -0.560. The summed E-state index contributed by atoms with van der Waals surface area (Å²) in [7, 11) is 0. The van der Waals surface area contributed by atoms with Gasteiger partial charge in [-0.05, 0) is 25.1 Å². The third-order valence-electron chi connectivity index (χ3n) is 2.53. The van der Waals surface area contributed by atoms with Crippen LogP contribution >= 0.6 is 0 Å². The van der Waals surface area contributed by atoms with Crippen LogP contribution in [0, 0.1) is 5.82 Å². The molecule has 2 N–H and O–H groups in total. The molecule has 104 valence electrons. The lowest BCUT2D eigenvalue weighted by molar-refractivity contribution is 0.102. The summed E-state index contributed by atoms with van der Waals surface area (Å²) < 4.78 is 18.7. The highest BCUT2D eigenvalue weighted by Gasteiger charge is 2.09. The summed E-state index contributed by atoms with van der Waals surface area (Å²) in [6.45, 7) is 2.11. The molecule has 1 heterocycles. The van der Waals surface area contributed by atoms with Gasteiger partial charge in [0.05, 0.1) is 6.61 Å². The molecule has 0 atom stereocenters. The highest BCUT2D eigenvalue weighted by molar-refractivity contribution is 6.04. The lowest BCUT2D eigenvalue weighted by atomic mass is 10.2. The molecule has 0 bridgehead atoms. The number of H-pyrrole nitrogens is 1. The van der Waals surface area contributed by atoms with Gasteiger partial charge >= 0.3 is 0 Å². The maximum absolute atomic E-state index is 13.6. The van der Waals surface area contributed by atoms with Crippen LogP contribution < -0.4 is 15.6 Å². The zero-order chi connectivity index (χ0) is 14.5. The molecular formula is C14H13FN2O3. The topological polar surface area (TPSA) is 71.2 Å². The number of nitrogens with one attached hydrogen (secondary N) is 2. The molecule has 0 aliphatic rings. The lowest BCUT2D eigenvalue weighted by Gasteiger charge is -2.08. The number of aromatic amines is 1. The molecule has 1 aromatic heterocycles. The first-order valence-electron chi connectivity index (χ1n) is 6.02. The van der Waals surface area contributed by atoms with E-state index in [0.29, 0.717) is 6.61 Å². The molecule has 2 rings (SSSR count). The van der Waals surface area contributed by atoms with Crippen molar-refractivity contribution in [1.82, 2.24) is 4.98 Å². The molecule has 1 amide bonds. The molecular weight excluding hydrogens is 263 g/mol. The maximum atomic E-state index is 13.6. The summed E-state index contributed by atoms with van der Waals surface area (Å²) in [5.74, 6) is -0.920. The Bertz CT molecular complexity index is 682. The largest absolute Gasteiger partial charge is 0.491 e. The monoisotopic (exact) mass is 276 g/mol. The summed E-state index contributed by atoms with van der Waals surface area (Å²) in [5.41, 5.74) is 0.106. The van der Waals surface area contributed by atoms with Gasteiger partial charge in [0.2, 0.25) is 5.56 Å². The molecule has 0 fully saturated rings. The Morgan fingerprint density at radius 3 is 2.80 bits per heavy atom. The fourth-order valence-electron chi connectivity index (χ4n) is 1.64. The van der Waals surface area contributed by atoms with Crippen LogP contribution in [0.1, 0.15) is 17.3 Å². The molecule has 0 unspecified atom stereocenters. The normalized spacial score (nSPS) is 10.1. The van der Waals surface area contributed by atoms with Gasteiger partial charge in [-0.15, -0.1) is 0 Å². The second kappa shape index (κ2) is 6.01. The Kier molecular flexibility index (Phi) is 4.14. The number of hydrogen-bond donors (Lipinski definition) is 2. The van der Waals surface area contributed by atoms with Crippen LogP contribution in [0.5, 0.6) is 5.75 Å². The number of amides is 1. The summed E-state index contributed by atoms with van der Waals surface area (Å²) >= 11 is 0. The summed E-state index contributed by atoms with van der Waals surface area (Å²) in [6, 6.07) is 6.75. The Morgan fingerprint density at radius 1 is 1.35 bits per heavy atom. The van der Waals surface area contributed by atoms with Gasteiger partial charge in [0.15, 0.2) is 11.6 Å². The minimum absolute atomic E-state index is 0.127. The van der Waals surface area contributed by atoms with E-state index in [-0.39, 0.29) is 22.6 Å². The molecule has 6 heteroatoms. The van der Waals surface area contributed by atoms with E-state index in [1.54, 1.807) is 6.92 Å². The van der Waals surface area contributed by atoms with Gasteiger partial charge in [-0.1, -0.05) is 0 Å². The van der Waals surface area contributed by atoms with E-state index in [1.807, 2.05) is 0 Å².